The SMILES string of the molecule is Cc1ccc(C(=O)N(CCCN)C(c2nc(C)c(-c3cccc(Cl)c3)c(=O)n2Cc2ccccc2)C(C)C)cc1. The van der Waals surface area contributed by atoms with E-state index in [1.165, 1.54) is 0 Å². The Labute approximate surface area is 241 Å². The van der Waals surface area contributed by atoms with Crippen LogP contribution < -0.4 is 11.3 Å². The van der Waals surface area contributed by atoms with Gasteiger partial charge in [-0.3, -0.25) is 14.2 Å². The van der Waals surface area contributed by atoms with Gasteiger partial charge in [-0.2, -0.15) is 0 Å². The zero-order valence-corrected chi connectivity index (χ0v) is 24.4. The number of rotatable bonds is 10. The quantitative estimate of drug-likeness (QED) is 0.244. The number of hydrogen-bond donors (Lipinski definition) is 1. The summed E-state index contributed by atoms with van der Waals surface area (Å²) in [5.74, 6) is 0.423. The van der Waals surface area contributed by atoms with Gasteiger partial charge in [-0.25, -0.2) is 4.98 Å². The molecule has 7 heteroatoms. The van der Waals surface area contributed by atoms with Gasteiger partial charge in [-0.1, -0.05) is 85.6 Å². The summed E-state index contributed by atoms with van der Waals surface area (Å²) in [6.07, 6.45) is 0.628. The highest BCUT2D eigenvalue weighted by atomic mass is 35.5. The lowest BCUT2D eigenvalue weighted by molar-refractivity contribution is 0.0602. The predicted octanol–water partition coefficient (Wildman–Crippen LogP) is 6.42. The van der Waals surface area contributed by atoms with Crippen LogP contribution in [0.1, 0.15) is 59.3 Å². The number of aryl methyl sites for hydroxylation is 2. The largest absolute Gasteiger partial charge is 0.330 e. The fourth-order valence-corrected chi connectivity index (χ4v) is 5.28. The Kier molecular flexibility index (Phi) is 9.56. The van der Waals surface area contributed by atoms with Crippen molar-refractivity contribution in [3.63, 3.8) is 0 Å². The van der Waals surface area contributed by atoms with E-state index in [1.807, 2.05) is 85.5 Å². The summed E-state index contributed by atoms with van der Waals surface area (Å²) < 4.78 is 1.72. The molecule has 0 fully saturated rings. The molecule has 3 aromatic carbocycles. The monoisotopic (exact) mass is 556 g/mol. The fourth-order valence-electron chi connectivity index (χ4n) is 5.09. The number of amides is 1. The molecule has 6 nitrogen and oxygen atoms in total. The van der Waals surface area contributed by atoms with E-state index in [1.54, 1.807) is 16.7 Å². The number of aromatic nitrogens is 2. The first-order chi connectivity index (χ1) is 19.2. The van der Waals surface area contributed by atoms with Crippen molar-refractivity contribution >= 4 is 17.5 Å². The molecule has 208 valence electrons. The highest BCUT2D eigenvalue weighted by Gasteiger charge is 2.33. The van der Waals surface area contributed by atoms with Gasteiger partial charge < -0.3 is 10.6 Å². The van der Waals surface area contributed by atoms with Gasteiger partial charge in [0, 0.05) is 17.1 Å². The number of nitrogens with zero attached hydrogens (tertiary/aromatic N) is 3. The average Bonchev–Trinajstić information content (AvgIpc) is 2.93. The lowest BCUT2D eigenvalue weighted by atomic mass is 9.98. The summed E-state index contributed by atoms with van der Waals surface area (Å²) in [7, 11) is 0. The van der Waals surface area contributed by atoms with Crippen LogP contribution >= 0.6 is 11.6 Å². The number of nitrogens with two attached hydrogens (primary N) is 1. The van der Waals surface area contributed by atoms with Crippen molar-refractivity contribution in [1.82, 2.24) is 14.5 Å². The van der Waals surface area contributed by atoms with Crippen LogP contribution in [0.15, 0.2) is 83.7 Å². The predicted molar refractivity (Wildman–Crippen MR) is 163 cm³/mol. The zero-order valence-electron chi connectivity index (χ0n) is 23.6. The summed E-state index contributed by atoms with van der Waals surface area (Å²) >= 11 is 6.30. The topological polar surface area (TPSA) is 81.2 Å². The molecular weight excluding hydrogens is 520 g/mol. The number of carbonyl (C=O) groups excluding carboxylic acids is 1. The van der Waals surface area contributed by atoms with Gasteiger partial charge in [0.2, 0.25) is 0 Å². The van der Waals surface area contributed by atoms with Crippen LogP contribution in [0.3, 0.4) is 0 Å². The van der Waals surface area contributed by atoms with Crippen molar-refractivity contribution in [3.8, 4) is 11.1 Å². The minimum atomic E-state index is -0.455. The van der Waals surface area contributed by atoms with E-state index in [9.17, 15) is 9.59 Å². The Hall–Kier alpha value is -3.74. The second kappa shape index (κ2) is 13.1. The van der Waals surface area contributed by atoms with E-state index in [-0.39, 0.29) is 17.4 Å². The number of hydrogen-bond acceptors (Lipinski definition) is 4. The second-order valence-corrected chi connectivity index (χ2v) is 10.9. The molecule has 2 N–H and O–H groups in total. The van der Waals surface area contributed by atoms with Crippen molar-refractivity contribution < 1.29 is 4.79 Å². The first kappa shape index (κ1) is 29.2. The zero-order chi connectivity index (χ0) is 28.8. The molecule has 4 aromatic rings. The van der Waals surface area contributed by atoms with Gasteiger partial charge in [0.25, 0.3) is 11.5 Å². The van der Waals surface area contributed by atoms with Gasteiger partial charge in [0.15, 0.2) is 0 Å². The summed E-state index contributed by atoms with van der Waals surface area (Å²) in [5.41, 5.74) is 10.2. The normalized spacial score (nSPS) is 12.0. The summed E-state index contributed by atoms with van der Waals surface area (Å²) in [6.45, 7) is 9.17. The Morgan fingerprint density at radius 2 is 1.70 bits per heavy atom. The van der Waals surface area contributed by atoms with Crippen LogP contribution in [0.2, 0.25) is 5.02 Å². The lowest BCUT2D eigenvalue weighted by Gasteiger charge is -2.36. The molecule has 40 heavy (non-hydrogen) atoms. The standard InChI is InChI=1S/C33H37ClN4O2/c1-22(2)30(37(19-9-18-35)32(39)26-16-14-23(3)15-17-26)31-36-24(4)29(27-12-8-13-28(34)20-27)33(40)38(31)21-25-10-6-5-7-11-25/h5-8,10-17,20,22,30H,9,18-19,21,35H2,1-4H3. The Bertz CT molecular complexity index is 1510. The van der Waals surface area contributed by atoms with Gasteiger partial charge >= 0.3 is 0 Å². The second-order valence-electron chi connectivity index (χ2n) is 10.5. The third-order valence-electron chi connectivity index (χ3n) is 7.07. The molecule has 0 spiro atoms. The Morgan fingerprint density at radius 1 is 1.00 bits per heavy atom. The first-order valence-electron chi connectivity index (χ1n) is 13.7. The summed E-state index contributed by atoms with van der Waals surface area (Å²) in [5, 5.41) is 0.548. The molecule has 4 rings (SSSR count). The Balaban J connectivity index is 1.94. The van der Waals surface area contributed by atoms with Crippen LogP contribution in [0.4, 0.5) is 0 Å². The molecule has 1 aromatic heterocycles. The van der Waals surface area contributed by atoms with Gasteiger partial charge in [0.1, 0.15) is 5.82 Å². The molecule has 0 aliphatic rings. The van der Waals surface area contributed by atoms with E-state index in [0.29, 0.717) is 59.3 Å². The van der Waals surface area contributed by atoms with E-state index >= 15 is 0 Å². The van der Waals surface area contributed by atoms with Crippen molar-refractivity contribution in [3.05, 3.63) is 122 Å². The molecule has 0 saturated heterocycles. The molecule has 1 heterocycles. The molecule has 1 atom stereocenters. The third kappa shape index (κ3) is 6.52. The summed E-state index contributed by atoms with van der Waals surface area (Å²) in [6, 6.07) is 24.2. The van der Waals surface area contributed by atoms with E-state index < -0.39 is 6.04 Å². The average molecular weight is 557 g/mol. The maximum Gasteiger partial charge on any atom is 0.262 e. The molecule has 0 radical (unpaired) electrons. The first-order valence-corrected chi connectivity index (χ1v) is 14.1. The minimum absolute atomic E-state index is 0.0301. The van der Waals surface area contributed by atoms with Crippen molar-refractivity contribution in [2.75, 3.05) is 13.1 Å². The van der Waals surface area contributed by atoms with Crippen LogP contribution in [0, 0.1) is 19.8 Å². The van der Waals surface area contributed by atoms with Crippen LogP contribution in [-0.4, -0.2) is 33.4 Å². The van der Waals surface area contributed by atoms with Gasteiger partial charge in [-0.15, -0.1) is 0 Å². The molecule has 0 saturated carbocycles. The van der Waals surface area contributed by atoms with Crippen molar-refractivity contribution in [2.24, 2.45) is 11.7 Å². The lowest BCUT2D eigenvalue weighted by Crippen LogP contribution is -2.42. The maximum absolute atomic E-state index is 14.3. The molecule has 0 aliphatic carbocycles. The molecule has 0 bridgehead atoms. The maximum atomic E-state index is 14.3. The van der Waals surface area contributed by atoms with Crippen LogP contribution in [0.25, 0.3) is 11.1 Å². The van der Waals surface area contributed by atoms with E-state index in [0.717, 1.165) is 11.1 Å². The van der Waals surface area contributed by atoms with Crippen molar-refractivity contribution in [2.45, 2.75) is 46.7 Å². The smallest absolute Gasteiger partial charge is 0.262 e. The number of halogens is 1. The highest BCUT2D eigenvalue weighted by molar-refractivity contribution is 6.30. The van der Waals surface area contributed by atoms with Gasteiger partial charge in [-0.05, 0) is 68.1 Å². The van der Waals surface area contributed by atoms with Gasteiger partial charge in [0.05, 0.1) is 23.8 Å². The summed E-state index contributed by atoms with van der Waals surface area (Å²) in [4.78, 5) is 35.2. The molecule has 1 unspecified atom stereocenters. The minimum Gasteiger partial charge on any atom is -0.330 e. The van der Waals surface area contributed by atoms with E-state index in [2.05, 4.69) is 13.8 Å². The molecule has 1 amide bonds. The van der Waals surface area contributed by atoms with Crippen LogP contribution in [0.5, 0.6) is 0 Å². The molecule has 0 aliphatic heterocycles. The van der Waals surface area contributed by atoms with Crippen molar-refractivity contribution in [1.29, 1.82) is 0 Å². The van der Waals surface area contributed by atoms with E-state index in [4.69, 9.17) is 22.3 Å². The number of benzene rings is 3. The highest BCUT2D eigenvalue weighted by Crippen LogP contribution is 2.31. The number of carbonyl (C=O) groups is 1. The third-order valence-corrected chi connectivity index (χ3v) is 7.31. The van der Waals surface area contributed by atoms with Crippen LogP contribution in [-0.2, 0) is 6.54 Å². The fraction of sp³-hybridized carbons (Fsp3) is 0.303. The molecular formula is C33H37ClN4O2. The Morgan fingerprint density at radius 3 is 2.33 bits per heavy atom.